The standard InChI is InChI=1S/C13H18N4O2/c14-13(19)10-1-3-11(4-2-10)16-12(18)9-17-7-5-15-6-8-17/h1-4,15H,5-9H2,(H2,14,19)(H,16,18). The highest BCUT2D eigenvalue weighted by molar-refractivity contribution is 5.95. The fourth-order valence-electron chi connectivity index (χ4n) is 1.99. The van der Waals surface area contributed by atoms with Crippen LogP contribution in [0.4, 0.5) is 5.69 Å². The number of anilines is 1. The van der Waals surface area contributed by atoms with E-state index in [0.29, 0.717) is 17.8 Å². The molecule has 0 aromatic heterocycles. The molecule has 1 fully saturated rings. The molecule has 2 rings (SSSR count). The van der Waals surface area contributed by atoms with Crippen molar-refractivity contribution in [2.75, 3.05) is 38.0 Å². The smallest absolute Gasteiger partial charge is 0.248 e. The first-order valence-corrected chi connectivity index (χ1v) is 6.28. The largest absolute Gasteiger partial charge is 0.366 e. The van der Waals surface area contributed by atoms with Gasteiger partial charge in [0.15, 0.2) is 0 Å². The van der Waals surface area contributed by atoms with Crippen LogP contribution in [0.15, 0.2) is 24.3 Å². The van der Waals surface area contributed by atoms with Crippen molar-refractivity contribution >= 4 is 17.5 Å². The first-order chi connectivity index (χ1) is 9.15. The van der Waals surface area contributed by atoms with Crippen LogP contribution >= 0.6 is 0 Å². The second-order valence-electron chi connectivity index (χ2n) is 4.52. The normalized spacial score (nSPS) is 16.0. The van der Waals surface area contributed by atoms with Crippen molar-refractivity contribution in [1.82, 2.24) is 10.2 Å². The number of carbonyl (C=O) groups excluding carboxylic acids is 2. The lowest BCUT2D eigenvalue weighted by molar-refractivity contribution is -0.117. The number of nitrogens with two attached hydrogens (primary N) is 1. The van der Waals surface area contributed by atoms with E-state index in [1.165, 1.54) is 0 Å². The molecule has 1 aliphatic heterocycles. The maximum atomic E-state index is 11.8. The van der Waals surface area contributed by atoms with Crippen LogP contribution in [0.2, 0.25) is 0 Å². The van der Waals surface area contributed by atoms with E-state index in [1.54, 1.807) is 24.3 Å². The van der Waals surface area contributed by atoms with Crippen LogP contribution in [0, 0.1) is 0 Å². The summed E-state index contributed by atoms with van der Waals surface area (Å²) in [4.78, 5) is 24.9. The average Bonchev–Trinajstić information content (AvgIpc) is 2.40. The van der Waals surface area contributed by atoms with Crippen LogP contribution in [-0.4, -0.2) is 49.4 Å². The fourth-order valence-corrected chi connectivity index (χ4v) is 1.99. The summed E-state index contributed by atoms with van der Waals surface area (Å²) in [6.07, 6.45) is 0. The van der Waals surface area contributed by atoms with Gasteiger partial charge in [-0.2, -0.15) is 0 Å². The molecule has 0 bridgehead atoms. The van der Waals surface area contributed by atoms with Crippen LogP contribution < -0.4 is 16.4 Å². The summed E-state index contributed by atoms with van der Waals surface area (Å²) in [5.41, 5.74) is 6.25. The Bertz CT molecular complexity index is 452. The minimum atomic E-state index is -0.473. The number of benzene rings is 1. The molecule has 0 atom stereocenters. The van der Waals surface area contributed by atoms with Gasteiger partial charge < -0.3 is 16.4 Å². The summed E-state index contributed by atoms with van der Waals surface area (Å²) in [5, 5.41) is 6.04. The lowest BCUT2D eigenvalue weighted by Gasteiger charge is -2.26. The van der Waals surface area contributed by atoms with E-state index in [2.05, 4.69) is 15.5 Å². The Morgan fingerprint density at radius 3 is 2.42 bits per heavy atom. The molecule has 1 aromatic carbocycles. The highest BCUT2D eigenvalue weighted by Gasteiger charge is 2.13. The third-order valence-corrected chi connectivity index (χ3v) is 3.03. The molecule has 0 radical (unpaired) electrons. The van der Waals surface area contributed by atoms with Gasteiger partial charge in [-0.15, -0.1) is 0 Å². The lowest BCUT2D eigenvalue weighted by atomic mass is 10.2. The summed E-state index contributed by atoms with van der Waals surface area (Å²) in [7, 11) is 0. The van der Waals surface area contributed by atoms with Gasteiger partial charge in [-0.05, 0) is 24.3 Å². The second-order valence-corrected chi connectivity index (χ2v) is 4.52. The molecule has 1 aliphatic rings. The monoisotopic (exact) mass is 262 g/mol. The van der Waals surface area contributed by atoms with E-state index in [1.807, 2.05) is 0 Å². The van der Waals surface area contributed by atoms with Gasteiger partial charge in [-0.1, -0.05) is 0 Å². The number of hydrogen-bond donors (Lipinski definition) is 3. The van der Waals surface area contributed by atoms with Crippen LogP contribution in [0.3, 0.4) is 0 Å². The van der Waals surface area contributed by atoms with Crippen molar-refractivity contribution in [1.29, 1.82) is 0 Å². The van der Waals surface area contributed by atoms with Crippen LogP contribution in [-0.2, 0) is 4.79 Å². The lowest BCUT2D eigenvalue weighted by Crippen LogP contribution is -2.46. The highest BCUT2D eigenvalue weighted by atomic mass is 16.2. The van der Waals surface area contributed by atoms with E-state index < -0.39 is 5.91 Å². The van der Waals surface area contributed by atoms with E-state index in [9.17, 15) is 9.59 Å². The summed E-state index contributed by atoms with van der Waals surface area (Å²) < 4.78 is 0. The number of nitrogens with one attached hydrogen (secondary N) is 2. The first-order valence-electron chi connectivity index (χ1n) is 6.28. The number of primary amides is 1. The van der Waals surface area contributed by atoms with Gasteiger partial charge in [0.1, 0.15) is 0 Å². The van der Waals surface area contributed by atoms with Gasteiger partial charge in [0.2, 0.25) is 11.8 Å². The zero-order valence-electron chi connectivity index (χ0n) is 10.7. The van der Waals surface area contributed by atoms with Crippen molar-refractivity contribution in [2.45, 2.75) is 0 Å². The second kappa shape index (κ2) is 6.31. The van der Waals surface area contributed by atoms with Crippen LogP contribution in [0.5, 0.6) is 0 Å². The number of carbonyl (C=O) groups is 2. The molecule has 6 heteroatoms. The summed E-state index contributed by atoms with van der Waals surface area (Å²) >= 11 is 0. The fraction of sp³-hybridized carbons (Fsp3) is 0.385. The van der Waals surface area contributed by atoms with Gasteiger partial charge in [0.05, 0.1) is 6.54 Å². The third kappa shape index (κ3) is 4.04. The third-order valence-electron chi connectivity index (χ3n) is 3.03. The Morgan fingerprint density at radius 2 is 1.84 bits per heavy atom. The zero-order valence-corrected chi connectivity index (χ0v) is 10.7. The number of nitrogens with zero attached hydrogens (tertiary/aromatic N) is 1. The molecule has 102 valence electrons. The maximum Gasteiger partial charge on any atom is 0.248 e. The number of amides is 2. The Kier molecular flexibility index (Phi) is 4.48. The van der Waals surface area contributed by atoms with E-state index in [-0.39, 0.29) is 5.91 Å². The summed E-state index contributed by atoms with van der Waals surface area (Å²) in [5.74, 6) is -0.521. The minimum absolute atomic E-state index is 0.0475. The van der Waals surface area contributed by atoms with Gasteiger partial charge >= 0.3 is 0 Å². The zero-order chi connectivity index (χ0) is 13.7. The average molecular weight is 262 g/mol. The molecule has 2 amide bonds. The molecule has 0 spiro atoms. The molecular formula is C13H18N4O2. The number of rotatable bonds is 4. The van der Waals surface area contributed by atoms with Crippen LogP contribution in [0.1, 0.15) is 10.4 Å². The Labute approximate surface area is 112 Å². The molecular weight excluding hydrogens is 244 g/mol. The van der Waals surface area contributed by atoms with Gasteiger partial charge in [-0.25, -0.2) is 0 Å². The van der Waals surface area contributed by atoms with E-state index >= 15 is 0 Å². The molecule has 0 aliphatic carbocycles. The highest BCUT2D eigenvalue weighted by Crippen LogP contribution is 2.09. The summed E-state index contributed by atoms with van der Waals surface area (Å²) in [6, 6.07) is 6.55. The van der Waals surface area contributed by atoms with Gasteiger partial charge in [0.25, 0.3) is 0 Å². The molecule has 0 saturated carbocycles. The topological polar surface area (TPSA) is 87.5 Å². The number of hydrogen-bond acceptors (Lipinski definition) is 4. The minimum Gasteiger partial charge on any atom is -0.366 e. The van der Waals surface area contributed by atoms with Crippen molar-refractivity contribution in [3.63, 3.8) is 0 Å². The quantitative estimate of drug-likeness (QED) is 0.691. The van der Waals surface area contributed by atoms with Crippen molar-refractivity contribution in [3.8, 4) is 0 Å². The van der Waals surface area contributed by atoms with Gasteiger partial charge in [-0.3, -0.25) is 14.5 Å². The van der Waals surface area contributed by atoms with E-state index in [4.69, 9.17) is 5.73 Å². The van der Waals surface area contributed by atoms with Crippen molar-refractivity contribution in [2.24, 2.45) is 5.73 Å². The summed E-state index contributed by atoms with van der Waals surface area (Å²) in [6.45, 7) is 3.99. The Morgan fingerprint density at radius 1 is 1.21 bits per heavy atom. The molecule has 6 nitrogen and oxygen atoms in total. The SMILES string of the molecule is NC(=O)c1ccc(NC(=O)CN2CCNCC2)cc1. The van der Waals surface area contributed by atoms with Gasteiger partial charge in [0, 0.05) is 37.4 Å². The molecule has 4 N–H and O–H groups in total. The molecule has 1 saturated heterocycles. The Hall–Kier alpha value is -1.92. The van der Waals surface area contributed by atoms with Crippen molar-refractivity contribution < 1.29 is 9.59 Å². The number of piperazine rings is 1. The molecule has 1 heterocycles. The van der Waals surface area contributed by atoms with Crippen molar-refractivity contribution in [3.05, 3.63) is 29.8 Å². The predicted octanol–water partition coefficient (Wildman–Crippen LogP) is -0.371. The maximum absolute atomic E-state index is 11.8. The Balaban J connectivity index is 1.85. The van der Waals surface area contributed by atoms with E-state index in [0.717, 1.165) is 26.2 Å². The first kappa shape index (κ1) is 13.5. The molecule has 1 aromatic rings. The molecule has 0 unspecified atom stereocenters. The molecule has 19 heavy (non-hydrogen) atoms. The predicted molar refractivity (Wildman–Crippen MR) is 72.9 cm³/mol. The van der Waals surface area contributed by atoms with Crippen LogP contribution in [0.25, 0.3) is 0 Å².